The fourth-order valence-corrected chi connectivity index (χ4v) is 5.70. The SMILES string of the molecule is CCCC1CCC(c2ccc(-c3cc4ccc(OCC)cc4s3)c(F)c2)CC1. The molecule has 3 aromatic rings. The Bertz CT molecular complexity index is 937. The molecular formula is C25H29FOS. The number of ether oxygens (including phenoxy) is 1. The van der Waals surface area contributed by atoms with Gasteiger partial charge >= 0.3 is 0 Å². The van der Waals surface area contributed by atoms with Gasteiger partial charge in [0.1, 0.15) is 11.6 Å². The molecule has 1 heterocycles. The summed E-state index contributed by atoms with van der Waals surface area (Å²) in [6.07, 6.45) is 7.61. The molecule has 0 amide bonds. The molecule has 1 fully saturated rings. The Morgan fingerprint density at radius 2 is 1.82 bits per heavy atom. The zero-order valence-electron chi connectivity index (χ0n) is 16.8. The first-order chi connectivity index (χ1) is 13.7. The highest BCUT2D eigenvalue weighted by molar-refractivity contribution is 7.22. The van der Waals surface area contributed by atoms with Gasteiger partial charge < -0.3 is 4.74 Å². The lowest BCUT2D eigenvalue weighted by Crippen LogP contribution is -2.13. The lowest BCUT2D eigenvalue weighted by Gasteiger charge is -2.28. The van der Waals surface area contributed by atoms with Gasteiger partial charge in [-0.05, 0) is 85.7 Å². The number of rotatable bonds is 6. The third-order valence-corrected chi connectivity index (χ3v) is 7.21. The van der Waals surface area contributed by atoms with Crippen LogP contribution in [-0.4, -0.2) is 6.61 Å². The summed E-state index contributed by atoms with van der Waals surface area (Å²) in [5, 5.41) is 1.14. The Morgan fingerprint density at radius 1 is 1.00 bits per heavy atom. The summed E-state index contributed by atoms with van der Waals surface area (Å²) in [4.78, 5) is 0.986. The fourth-order valence-electron chi connectivity index (χ4n) is 4.58. The molecule has 0 N–H and O–H groups in total. The van der Waals surface area contributed by atoms with E-state index in [0.29, 0.717) is 18.1 Å². The van der Waals surface area contributed by atoms with E-state index in [1.807, 2.05) is 25.1 Å². The highest BCUT2D eigenvalue weighted by atomic mass is 32.1. The van der Waals surface area contributed by atoms with Crippen LogP contribution < -0.4 is 4.74 Å². The number of thiophene rings is 1. The van der Waals surface area contributed by atoms with Gasteiger partial charge in [-0.2, -0.15) is 0 Å². The van der Waals surface area contributed by atoms with Gasteiger partial charge in [-0.15, -0.1) is 11.3 Å². The van der Waals surface area contributed by atoms with E-state index in [-0.39, 0.29) is 5.82 Å². The molecule has 1 aliphatic carbocycles. The highest BCUT2D eigenvalue weighted by Gasteiger charge is 2.22. The van der Waals surface area contributed by atoms with Crippen molar-refractivity contribution in [3.05, 3.63) is 53.8 Å². The Kier molecular flexibility index (Phi) is 6.01. The Labute approximate surface area is 171 Å². The molecule has 1 aromatic heterocycles. The van der Waals surface area contributed by atoms with Gasteiger partial charge in [0.25, 0.3) is 0 Å². The predicted octanol–water partition coefficient (Wildman–Crippen LogP) is 8.18. The van der Waals surface area contributed by atoms with E-state index in [0.717, 1.165) is 26.6 Å². The third kappa shape index (κ3) is 4.10. The van der Waals surface area contributed by atoms with Crippen molar-refractivity contribution in [1.82, 2.24) is 0 Å². The predicted molar refractivity (Wildman–Crippen MR) is 118 cm³/mol. The molecule has 0 spiro atoms. The highest BCUT2D eigenvalue weighted by Crippen LogP contribution is 2.40. The van der Waals surface area contributed by atoms with E-state index in [9.17, 15) is 4.39 Å². The van der Waals surface area contributed by atoms with Crippen molar-refractivity contribution in [2.45, 2.75) is 58.3 Å². The lowest BCUT2D eigenvalue weighted by molar-refractivity contribution is 0.308. The first-order valence-electron chi connectivity index (χ1n) is 10.6. The van der Waals surface area contributed by atoms with Crippen molar-refractivity contribution < 1.29 is 9.13 Å². The summed E-state index contributed by atoms with van der Waals surface area (Å²) in [5.41, 5.74) is 1.89. The minimum atomic E-state index is -0.0928. The van der Waals surface area contributed by atoms with E-state index < -0.39 is 0 Å². The van der Waals surface area contributed by atoms with Crippen LogP contribution in [0.2, 0.25) is 0 Å². The molecule has 0 saturated heterocycles. The minimum Gasteiger partial charge on any atom is -0.494 e. The molecule has 0 unspecified atom stereocenters. The quantitative estimate of drug-likeness (QED) is 0.408. The van der Waals surface area contributed by atoms with Crippen LogP contribution in [-0.2, 0) is 0 Å². The van der Waals surface area contributed by atoms with E-state index in [1.54, 1.807) is 17.4 Å². The van der Waals surface area contributed by atoms with Gasteiger partial charge in [0.15, 0.2) is 0 Å². The van der Waals surface area contributed by atoms with Gasteiger partial charge in [-0.25, -0.2) is 4.39 Å². The van der Waals surface area contributed by atoms with Crippen LogP contribution in [0.3, 0.4) is 0 Å². The fraction of sp³-hybridized carbons (Fsp3) is 0.440. The molecule has 1 saturated carbocycles. The normalized spacial score (nSPS) is 19.8. The average molecular weight is 397 g/mol. The first-order valence-corrected chi connectivity index (χ1v) is 11.5. The largest absolute Gasteiger partial charge is 0.494 e. The zero-order chi connectivity index (χ0) is 19.5. The van der Waals surface area contributed by atoms with Crippen LogP contribution in [0.1, 0.15) is 63.9 Å². The van der Waals surface area contributed by atoms with E-state index in [1.165, 1.54) is 44.1 Å². The number of halogens is 1. The number of benzene rings is 2. The van der Waals surface area contributed by atoms with Crippen LogP contribution in [0.25, 0.3) is 20.5 Å². The van der Waals surface area contributed by atoms with Gasteiger partial charge in [-0.1, -0.05) is 31.9 Å². The second-order valence-corrected chi connectivity index (χ2v) is 9.07. The van der Waals surface area contributed by atoms with Crippen molar-refractivity contribution >= 4 is 21.4 Å². The van der Waals surface area contributed by atoms with Crippen LogP contribution in [0.15, 0.2) is 42.5 Å². The minimum absolute atomic E-state index is 0.0928. The molecule has 148 valence electrons. The maximum Gasteiger partial charge on any atom is 0.132 e. The summed E-state index contributed by atoms with van der Waals surface area (Å²) < 4.78 is 21.7. The maximum atomic E-state index is 15.0. The smallest absolute Gasteiger partial charge is 0.132 e. The molecule has 0 radical (unpaired) electrons. The third-order valence-electron chi connectivity index (χ3n) is 6.08. The first kappa shape index (κ1) is 19.4. The van der Waals surface area contributed by atoms with Gasteiger partial charge in [-0.3, -0.25) is 0 Å². The van der Waals surface area contributed by atoms with E-state index in [4.69, 9.17) is 4.74 Å². The average Bonchev–Trinajstić information content (AvgIpc) is 3.12. The Hall–Kier alpha value is -1.87. The number of hydrogen-bond donors (Lipinski definition) is 0. The molecule has 4 rings (SSSR count). The lowest BCUT2D eigenvalue weighted by atomic mass is 9.77. The molecule has 0 bridgehead atoms. The van der Waals surface area contributed by atoms with Crippen LogP contribution in [0.5, 0.6) is 5.75 Å². The second kappa shape index (κ2) is 8.65. The number of hydrogen-bond acceptors (Lipinski definition) is 2. The monoisotopic (exact) mass is 396 g/mol. The van der Waals surface area contributed by atoms with Gasteiger partial charge in [0, 0.05) is 15.1 Å². The van der Waals surface area contributed by atoms with Crippen molar-refractivity contribution in [3.63, 3.8) is 0 Å². The van der Waals surface area contributed by atoms with Gasteiger partial charge in [0.2, 0.25) is 0 Å². The molecule has 2 aromatic carbocycles. The molecule has 0 atom stereocenters. The maximum absolute atomic E-state index is 15.0. The van der Waals surface area contributed by atoms with Crippen LogP contribution in [0, 0.1) is 11.7 Å². The molecule has 1 nitrogen and oxygen atoms in total. The Balaban J connectivity index is 1.54. The van der Waals surface area contributed by atoms with Crippen molar-refractivity contribution in [2.24, 2.45) is 5.92 Å². The van der Waals surface area contributed by atoms with E-state index in [2.05, 4.69) is 25.1 Å². The zero-order valence-corrected chi connectivity index (χ0v) is 17.7. The molecule has 28 heavy (non-hydrogen) atoms. The van der Waals surface area contributed by atoms with E-state index >= 15 is 0 Å². The molecule has 1 aliphatic rings. The van der Waals surface area contributed by atoms with Crippen LogP contribution in [0.4, 0.5) is 4.39 Å². The Morgan fingerprint density at radius 3 is 2.54 bits per heavy atom. The van der Waals surface area contributed by atoms with Crippen molar-refractivity contribution in [2.75, 3.05) is 6.61 Å². The summed E-state index contributed by atoms with van der Waals surface area (Å²) in [7, 11) is 0. The summed E-state index contributed by atoms with van der Waals surface area (Å²) >= 11 is 1.63. The van der Waals surface area contributed by atoms with Crippen molar-refractivity contribution in [3.8, 4) is 16.2 Å². The van der Waals surface area contributed by atoms with Crippen LogP contribution >= 0.6 is 11.3 Å². The van der Waals surface area contributed by atoms with Crippen molar-refractivity contribution in [1.29, 1.82) is 0 Å². The topological polar surface area (TPSA) is 9.23 Å². The van der Waals surface area contributed by atoms with Gasteiger partial charge in [0.05, 0.1) is 6.61 Å². The molecular weight excluding hydrogens is 367 g/mol. The summed E-state index contributed by atoms with van der Waals surface area (Å²) in [6.45, 7) is 4.91. The molecule has 3 heteroatoms. The standard InChI is InChI=1S/C25H29FOS/c1-3-5-17-6-8-18(9-7-17)19-11-13-22(23(26)14-19)25-15-20-10-12-21(27-4-2)16-24(20)28-25/h10-18H,3-9H2,1-2H3. The molecule has 0 aliphatic heterocycles. The second-order valence-electron chi connectivity index (χ2n) is 7.99. The summed E-state index contributed by atoms with van der Waals surface area (Å²) in [6, 6.07) is 14.1. The summed E-state index contributed by atoms with van der Waals surface area (Å²) in [5.74, 6) is 2.18. The number of fused-ring (bicyclic) bond motifs is 1.